The molecule has 2 amide bonds. The van der Waals surface area contributed by atoms with Gasteiger partial charge in [0, 0.05) is 18.7 Å². The molecule has 3 aliphatic rings. The number of aryl methyl sites for hydroxylation is 1. The van der Waals surface area contributed by atoms with E-state index < -0.39 is 15.9 Å². The van der Waals surface area contributed by atoms with Gasteiger partial charge in [-0.05, 0) is 60.3 Å². The van der Waals surface area contributed by atoms with Crippen molar-refractivity contribution in [3.8, 4) is 5.88 Å². The quantitative estimate of drug-likeness (QED) is 0.757. The Labute approximate surface area is 174 Å². The SMILES string of the molecule is C[C@H]1CCc2c(F)c3c(c(NC(=O)N=S(N)(=O)c4cnn5c4OCCC5)c21)CCC3. The summed E-state index contributed by atoms with van der Waals surface area (Å²) in [6.45, 7) is 3.12. The van der Waals surface area contributed by atoms with Gasteiger partial charge in [0.2, 0.25) is 5.88 Å². The van der Waals surface area contributed by atoms with Crippen molar-refractivity contribution in [3.63, 3.8) is 0 Å². The van der Waals surface area contributed by atoms with Crippen LogP contribution in [-0.4, -0.2) is 26.6 Å². The lowest BCUT2D eigenvalue weighted by Crippen LogP contribution is -2.21. The lowest BCUT2D eigenvalue weighted by molar-refractivity contribution is 0.224. The number of nitrogens with one attached hydrogen (secondary N) is 1. The number of anilines is 1. The van der Waals surface area contributed by atoms with Crippen LogP contribution in [0.15, 0.2) is 15.5 Å². The van der Waals surface area contributed by atoms with Crippen molar-refractivity contribution in [1.29, 1.82) is 0 Å². The number of nitrogens with zero attached hydrogens (tertiary/aromatic N) is 3. The van der Waals surface area contributed by atoms with E-state index >= 15 is 0 Å². The first-order valence-electron chi connectivity index (χ1n) is 10.3. The van der Waals surface area contributed by atoms with E-state index in [0.29, 0.717) is 55.1 Å². The highest BCUT2D eigenvalue weighted by molar-refractivity contribution is 7.91. The summed E-state index contributed by atoms with van der Waals surface area (Å²) in [6.07, 6.45) is 5.83. The number of benzene rings is 1. The van der Waals surface area contributed by atoms with Crippen LogP contribution >= 0.6 is 0 Å². The molecule has 0 spiro atoms. The third-order valence-electron chi connectivity index (χ3n) is 6.24. The zero-order valence-corrected chi connectivity index (χ0v) is 17.6. The second-order valence-corrected chi connectivity index (χ2v) is 9.92. The van der Waals surface area contributed by atoms with Crippen LogP contribution in [0.25, 0.3) is 0 Å². The number of rotatable bonds is 2. The molecule has 3 N–H and O–H groups in total. The molecule has 5 rings (SSSR count). The third-order valence-corrected chi connectivity index (χ3v) is 7.59. The first-order chi connectivity index (χ1) is 14.4. The van der Waals surface area contributed by atoms with Crippen LogP contribution in [0.2, 0.25) is 0 Å². The number of aromatic nitrogens is 2. The molecule has 0 bridgehead atoms. The van der Waals surface area contributed by atoms with Gasteiger partial charge >= 0.3 is 6.03 Å². The number of nitrogens with two attached hydrogens (primary N) is 1. The van der Waals surface area contributed by atoms with Gasteiger partial charge in [-0.1, -0.05) is 6.92 Å². The summed E-state index contributed by atoms with van der Waals surface area (Å²) in [5.74, 6) is 0.305. The maximum Gasteiger partial charge on any atom is 0.354 e. The fourth-order valence-electron chi connectivity index (χ4n) is 4.86. The molecule has 2 aromatic rings. The minimum Gasteiger partial charge on any atom is -0.477 e. The number of carbonyl (C=O) groups excluding carboxylic acids is 1. The van der Waals surface area contributed by atoms with E-state index in [1.54, 1.807) is 4.68 Å². The molecule has 2 heterocycles. The molecule has 2 atom stereocenters. The zero-order valence-electron chi connectivity index (χ0n) is 16.7. The molecular weight excluding hydrogens is 409 g/mol. The number of halogens is 1. The van der Waals surface area contributed by atoms with Crippen LogP contribution in [0.3, 0.4) is 0 Å². The first-order valence-corrected chi connectivity index (χ1v) is 11.8. The number of hydrogen-bond donors (Lipinski definition) is 2. The third kappa shape index (κ3) is 3.01. The summed E-state index contributed by atoms with van der Waals surface area (Å²) >= 11 is 0. The highest BCUT2D eigenvalue weighted by Gasteiger charge is 2.33. The predicted molar refractivity (Wildman–Crippen MR) is 110 cm³/mol. The van der Waals surface area contributed by atoms with Crippen molar-refractivity contribution in [2.24, 2.45) is 9.50 Å². The molecule has 160 valence electrons. The second kappa shape index (κ2) is 7.05. The Morgan fingerprint density at radius 3 is 2.97 bits per heavy atom. The first kappa shape index (κ1) is 19.5. The van der Waals surface area contributed by atoms with E-state index in [9.17, 15) is 13.4 Å². The van der Waals surface area contributed by atoms with Gasteiger partial charge in [0.1, 0.15) is 10.7 Å². The topological polar surface area (TPSA) is 112 Å². The smallest absolute Gasteiger partial charge is 0.354 e. The maximum atomic E-state index is 15.0. The van der Waals surface area contributed by atoms with E-state index in [-0.39, 0.29) is 16.6 Å². The van der Waals surface area contributed by atoms with Crippen molar-refractivity contribution in [2.75, 3.05) is 11.9 Å². The van der Waals surface area contributed by atoms with Crippen LogP contribution in [0.5, 0.6) is 5.88 Å². The van der Waals surface area contributed by atoms with Crippen molar-refractivity contribution < 1.29 is 18.1 Å². The molecule has 0 fully saturated rings. The molecular formula is C20H24FN5O3S. The summed E-state index contributed by atoms with van der Waals surface area (Å²) in [4.78, 5) is 12.9. The predicted octanol–water partition coefficient (Wildman–Crippen LogP) is 3.28. The number of fused-ring (bicyclic) bond motifs is 3. The standard InChI is InChI=1S/C20H24FN5O3S/c1-11-6-7-14-16(11)18(13-5-2-4-12(13)17(14)21)24-20(27)25-30(22,28)15-10-23-26-8-3-9-29-19(15)26/h10-11H,2-9H2,1H3,(H3,22,24,25,27,28)/t11-,30?/m0/s1. The number of amides is 2. The molecule has 1 aromatic heterocycles. The van der Waals surface area contributed by atoms with Crippen molar-refractivity contribution in [2.45, 2.75) is 62.8 Å². The van der Waals surface area contributed by atoms with E-state index in [2.05, 4.69) is 14.8 Å². The minimum absolute atomic E-state index is 0.111. The van der Waals surface area contributed by atoms with Crippen LogP contribution < -0.4 is 15.2 Å². The number of urea groups is 1. The Hall–Kier alpha value is -2.46. The number of ether oxygens (including phenoxy) is 1. The van der Waals surface area contributed by atoms with Gasteiger partial charge in [-0.2, -0.15) is 5.10 Å². The zero-order chi connectivity index (χ0) is 21.0. The molecule has 1 aromatic carbocycles. The van der Waals surface area contributed by atoms with E-state index in [1.807, 2.05) is 6.92 Å². The number of hydrogen-bond acceptors (Lipinski definition) is 4. The van der Waals surface area contributed by atoms with E-state index in [1.165, 1.54) is 6.20 Å². The molecule has 2 aliphatic carbocycles. The van der Waals surface area contributed by atoms with Crippen LogP contribution in [0.1, 0.15) is 54.4 Å². The molecule has 1 unspecified atom stereocenters. The highest BCUT2D eigenvalue weighted by atomic mass is 32.2. The Bertz CT molecular complexity index is 1180. The summed E-state index contributed by atoms with van der Waals surface area (Å²) in [5.41, 5.74) is 3.67. The molecule has 0 saturated carbocycles. The van der Waals surface area contributed by atoms with Gasteiger partial charge in [-0.3, -0.25) is 0 Å². The molecule has 0 saturated heterocycles. The van der Waals surface area contributed by atoms with Crippen molar-refractivity contribution in [1.82, 2.24) is 9.78 Å². The maximum absolute atomic E-state index is 15.0. The van der Waals surface area contributed by atoms with Gasteiger partial charge in [0.05, 0.1) is 12.8 Å². The van der Waals surface area contributed by atoms with Crippen molar-refractivity contribution in [3.05, 3.63) is 34.3 Å². The van der Waals surface area contributed by atoms with Gasteiger partial charge in [0.25, 0.3) is 0 Å². The summed E-state index contributed by atoms with van der Waals surface area (Å²) < 4.78 is 38.9. The summed E-state index contributed by atoms with van der Waals surface area (Å²) in [7, 11) is -3.55. The molecule has 10 heteroatoms. The van der Waals surface area contributed by atoms with Gasteiger partial charge in [-0.15, -0.1) is 4.36 Å². The Balaban J connectivity index is 1.53. The van der Waals surface area contributed by atoms with E-state index in [4.69, 9.17) is 9.88 Å². The normalized spacial score (nSPS) is 21.2. The Kier molecular flexibility index (Phi) is 4.59. The van der Waals surface area contributed by atoms with Gasteiger partial charge in [-0.25, -0.2) is 23.2 Å². The molecule has 30 heavy (non-hydrogen) atoms. The fraction of sp³-hybridized carbons (Fsp3) is 0.500. The van der Waals surface area contributed by atoms with Gasteiger partial charge in [0.15, 0.2) is 9.92 Å². The lowest BCUT2D eigenvalue weighted by Gasteiger charge is -2.19. The van der Waals surface area contributed by atoms with Crippen molar-refractivity contribution >= 4 is 21.6 Å². The van der Waals surface area contributed by atoms with Gasteiger partial charge < -0.3 is 10.1 Å². The Morgan fingerprint density at radius 1 is 1.33 bits per heavy atom. The van der Waals surface area contributed by atoms with E-state index in [0.717, 1.165) is 30.4 Å². The average molecular weight is 434 g/mol. The lowest BCUT2D eigenvalue weighted by atomic mass is 9.94. The summed E-state index contributed by atoms with van der Waals surface area (Å²) in [5, 5.41) is 12.9. The minimum atomic E-state index is -3.55. The molecule has 1 aliphatic heterocycles. The average Bonchev–Trinajstić information content (AvgIpc) is 3.43. The molecule has 8 nitrogen and oxygen atoms in total. The Morgan fingerprint density at radius 2 is 2.13 bits per heavy atom. The monoisotopic (exact) mass is 433 g/mol. The highest BCUT2D eigenvalue weighted by Crippen LogP contribution is 2.45. The van der Waals surface area contributed by atoms with Crippen LogP contribution in [0, 0.1) is 5.82 Å². The van der Waals surface area contributed by atoms with Crippen LogP contribution in [-0.2, 0) is 35.7 Å². The largest absolute Gasteiger partial charge is 0.477 e. The summed E-state index contributed by atoms with van der Waals surface area (Å²) in [6, 6.07) is -0.805. The van der Waals surface area contributed by atoms with Crippen LogP contribution in [0.4, 0.5) is 14.9 Å². The molecule has 0 radical (unpaired) electrons. The number of carbonyl (C=O) groups is 1. The second-order valence-electron chi connectivity index (χ2n) is 8.16. The fourth-order valence-corrected chi connectivity index (χ4v) is 5.86.